The number of benzene rings is 1. The maximum absolute atomic E-state index is 12.4. The van der Waals surface area contributed by atoms with Crippen molar-refractivity contribution in [3.05, 3.63) is 53.6 Å². The largest absolute Gasteiger partial charge is 0.368 e. The molecule has 1 aliphatic rings. The molecule has 5 nitrogen and oxygen atoms in total. The molecule has 0 aliphatic carbocycles. The Morgan fingerprint density at radius 3 is 2.45 bits per heavy atom. The Balaban J connectivity index is 1.64. The van der Waals surface area contributed by atoms with Crippen molar-refractivity contribution in [2.75, 3.05) is 31.1 Å². The van der Waals surface area contributed by atoms with E-state index in [1.165, 1.54) is 11.3 Å². The van der Waals surface area contributed by atoms with Crippen LogP contribution in [0.4, 0.5) is 5.69 Å². The summed E-state index contributed by atoms with van der Waals surface area (Å²) >= 11 is 0. The van der Waals surface area contributed by atoms with Crippen LogP contribution in [-0.2, 0) is 0 Å². The zero-order valence-corrected chi connectivity index (χ0v) is 13.0. The molecule has 1 amide bonds. The number of piperazine rings is 1. The van der Waals surface area contributed by atoms with Crippen molar-refractivity contribution in [2.45, 2.75) is 13.8 Å². The van der Waals surface area contributed by atoms with Gasteiger partial charge in [-0.05, 0) is 31.5 Å². The predicted octanol–water partition coefficient (Wildman–Crippen LogP) is 2.06. The van der Waals surface area contributed by atoms with E-state index in [1.807, 2.05) is 11.8 Å². The predicted molar refractivity (Wildman–Crippen MR) is 86.1 cm³/mol. The van der Waals surface area contributed by atoms with E-state index in [-0.39, 0.29) is 5.91 Å². The number of anilines is 1. The molecule has 1 fully saturated rings. The molecule has 0 unspecified atom stereocenters. The topological polar surface area (TPSA) is 49.3 Å². The van der Waals surface area contributed by atoms with Crippen LogP contribution in [0.15, 0.2) is 36.7 Å². The lowest BCUT2D eigenvalue weighted by molar-refractivity contribution is 0.0740. The number of aryl methyl sites for hydroxylation is 2. The van der Waals surface area contributed by atoms with E-state index < -0.39 is 0 Å². The minimum Gasteiger partial charge on any atom is -0.368 e. The van der Waals surface area contributed by atoms with E-state index in [2.05, 4.69) is 46.1 Å². The Labute approximate surface area is 130 Å². The second-order valence-electron chi connectivity index (χ2n) is 5.66. The van der Waals surface area contributed by atoms with Gasteiger partial charge in [0.2, 0.25) is 0 Å². The molecular weight excluding hydrogens is 276 g/mol. The van der Waals surface area contributed by atoms with Crippen LogP contribution in [0.1, 0.15) is 21.7 Å². The van der Waals surface area contributed by atoms with Crippen LogP contribution in [0, 0.1) is 13.8 Å². The fourth-order valence-electron chi connectivity index (χ4n) is 2.66. The van der Waals surface area contributed by atoms with Gasteiger partial charge in [0, 0.05) is 38.1 Å². The molecule has 0 bridgehead atoms. The summed E-state index contributed by atoms with van der Waals surface area (Å²) in [4.78, 5) is 24.9. The molecule has 0 N–H and O–H groups in total. The number of carbonyl (C=O) groups excluding carboxylic acids is 1. The van der Waals surface area contributed by atoms with Gasteiger partial charge < -0.3 is 9.80 Å². The van der Waals surface area contributed by atoms with Gasteiger partial charge in [-0.2, -0.15) is 0 Å². The Bertz CT molecular complexity index is 661. The molecule has 1 aromatic heterocycles. The van der Waals surface area contributed by atoms with Crippen LogP contribution in [0.3, 0.4) is 0 Å². The van der Waals surface area contributed by atoms with Crippen LogP contribution in [-0.4, -0.2) is 47.0 Å². The van der Waals surface area contributed by atoms with Crippen LogP contribution in [0.5, 0.6) is 0 Å². The summed E-state index contributed by atoms with van der Waals surface area (Å²) in [6, 6.07) is 8.47. The summed E-state index contributed by atoms with van der Waals surface area (Å²) in [6.45, 7) is 7.06. The average Bonchev–Trinajstić information content (AvgIpc) is 2.55. The van der Waals surface area contributed by atoms with Crippen molar-refractivity contribution >= 4 is 11.6 Å². The smallest absolute Gasteiger partial charge is 0.274 e. The van der Waals surface area contributed by atoms with Crippen molar-refractivity contribution in [1.29, 1.82) is 0 Å². The molecular formula is C17H20N4O. The standard InChI is InChI=1S/C17H20N4O/c1-13-4-3-5-15(10-13)20-6-8-21(9-7-20)17(22)16-12-18-14(2)11-19-16/h3-5,10-12H,6-9H2,1-2H3. The number of nitrogens with zero attached hydrogens (tertiary/aromatic N) is 4. The zero-order chi connectivity index (χ0) is 15.5. The van der Waals surface area contributed by atoms with E-state index in [0.29, 0.717) is 18.8 Å². The molecule has 1 aliphatic heterocycles. The van der Waals surface area contributed by atoms with Gasteiger partial charge in [0.05, 0.1) is 11.9 Å². The van der Waals surface area contributed by atoms with Gasteiger partial charge in [0.1, 0.15) is 5.69 Å². The third-order valence-corrected chi connectivity index (χ3v) is 3.93. The number of aromatic nitrogens is 2. The molecule has 0 spiro atoms. The first-order valence-electron chi connectivity index (χ1n) is 7.53. The molecule has 1 saturated heterocycles. The van der Waals surface area contributed by atoms with Crippen LogP contribution >= 0.6 is 0 Å². The fourth-order valence-corrected chi connectivity index (χ4v) is 2.66. The first kappa shape index (κ1) is 14.5. The highest BCUT2D eigenvalue weighted by atomic mass is 16.2. The van der Waals surface area contributed by atoms with E-state index in [1.54, 1.807) is 12.4 Å². The normalized spacial score (nSPS) is 15.0. The first-order valence-corrected chi connectivity index (χ1v) is 7.53. The maximum Gasteiger partial charge on any atom is 0.274 e. The number of amides is 1. The van der Waals surface area contributed by atoms with Crippen LogP contribution in [0.2, 0.25) is 0 Å². The molecule has 1 aromatic carbocycles. The van der Waals surface area contributed by atoms with Gasteiger partial charge in [0.25, 0.3) is 5.91 Å². The molecule has 114 valence electrons. The minimum atomic E-state index is -0.0311. The highest BCUT2D eigenvalue weighted by Gasteiger charge is 2.23. The molecule has 22 heavy (non-hydrogen) atoms. The van der Waals surface area contributed by atoms with Gasteiger partial charge in [-0.25, -0.2) is 4.98 Å². The molecule has 2 heterocycles. The molecule has 2 aromatic rings. The SMILES string of the molecule is Cc1cccc(N2CCN(C(=O)c3cnc(C)cn3)CC2)c1. The summed E-state index contributed by atoms with van der Waals surface area (Å²) in [6.07, 6.45) is 3.20. The van der Waals surface area contributed by atoms with E-state index in [0.717, 1.165) is 18.8 Å². The zero-order valence-electron chi connectivity index (χ0n) is 13.0. The second-order valence-corrected chi connectivity index (χ2v) is 5.66. The summed E-state index contributed by atoms with van der Waals surface area (Å²) in [5, 5.41) is 0. The van der Waals surface area contributed by atoms with E-state index in [4.69, 9.17) is 0 Å². The van der Waals surface area contributed by atoms with Gasteiger partial charge >= 0.3 is 0 Å². The number of rotatable bonds is 2. The number of hydrogen-bond acceptors (Lipinski definition) is 4. The maximum atomic E-state index is 12.4. The Morgan fingerprint density at radius 1 is 1.05 bits per heavy atom. The quantitative estimate of drug-likeness (QED) is 0.851. The highest BCUT2D eigenvalue weighted by Crippen LogP contribution is 2.18. The number of hydrogen-bond donors (Lipinski definition) is 0. The van der Waals surface area contributed by atoms with Crippen LogP contribution < -0.4 is 4.90 Å². The lowest BCUT2D eigenvalue weighted by atomic mass is 10.2. The monoisotopic (exact) mass is 296 g/mol. The third-order valence-electron chi connectivity index (χ3n) is 3.93. The summed E-state index contributed by atoms with van der Waals surface area (Å²) in [5.74, 6) is -0.0311. The summed E-state index contributed by atoms with van der Waals surface area (Å²) in [7, 11) is 0. The van der Waals surface area contributed by atoms with Gasteiger partial charge in [-0.3, -0.25) is 9.78 Å². The molecule has 5 heteroatoms. The lowest BCUT2D eigenvalue weighted by Gasteiger charge is -2.36. The van der Waals surface area contributed by atoms with Crippen molar-refractivity contribution in [3.8, 4) is 0 Å². The molecule has 0 atom stereocenters. The van der Waals surface area contributed by atoms with Gasteiger partial charge in [-0.15, -0.1) is 0 Å². The average molecular weight is 296 g/mol. The minimum absolute atomic E-state index is 0.0311. The van der Waals surface area contributed by atoms with Crippen LogP contribution in [0.25, 0.3) is 0 Å². The molecule has 0 radical (unpaired) electrons. The van der Waals surface area contributed by atoms with Gasteiger partial charge in [0.15, 0.2) is 0 Å². The molecule has 0 saturated carbocycles. The fraction of sp³-hybridized carbons (Fsp3) is 0.353. The van der Waals surface area contributed by atoms with Crippen molar-refractivity contribution in [3.63, 3.8) is 0 Å². The summed E-state index contributed by atoms with van der Waals surface area (Å²) in [5.41, 5.74) is 3.73. The van der Waals surface area contributed by atoms with E-state index in [9.17, 15) is 4.79 Å². The Hall–Kier alpha value is -2.43. The second kappa shape index (κ2) is 6.13. The molecule has 3 rings (SSSR count). The third kappa shape index (κ3) is 3.08. The lowest BCUT2D eigenvalue weighted by Crippen LogP contribution is -2.49. The van der Waals surface area contributed by atoms with Crippen molar-refractivity contribution in [1.82, 2.24) is 14.9 Å². The number of carbonyl (C=O) groups is 1. The Morgan fingerprint density at radius 2 is 1.82 bits per heavy atom. The highest BCUT2D eigenvalue weighted by molar-refractivity contribution is 5.92. The van der Waals surface area contributed by atoms with Crippen molar-refractivity contribution in [2.24, 2.45) is 0 Å². The summed E-state index contributed by atoms with van der Waals surface area (Å²) < 4.78 is 0. The Kier molecular flexibility index (Phi) is 4.04. The van der Waals surface area contributed by atoms with Gasteiger partial charge in [-0.1, -0.05) is 12.1 Å². The van der Waals surface area contributed by atoms with Crippen molar-refractivity contribution < 1.29 is 4.79 Å². The van der Waals surface area contributed by atoms with E-state index >= 15 is 0 Å². The first-order chi connectivity index (χ1) is 10.6.